The first-order valence-electron chi connectivity index (χ1n) is 7.80. The first-order chi connectivity index (χ1) is 10.7. The molecule has 1 fully saturated rings. The zero-order valence-corrected chi connectivity index (χ0v) is 13.2. The molecule has 3 rings (SSSR count). The highest BCUT2D eigenvalue weighted by Gasteiger charge is 2.22. The van der Waals surface area contributed by atoms with E-state index in [0.717, 1.165) is 37.4 Å². The highest BCUT2D eigenvalue weighted by molar-refractivity contribution is 5.74. The summed E-state index contributed by atoms with van der Waals surface area (Å²) in [5.74, 6) is 1.08. The molecule has 1 saturated heterocycles. The second-order valence-electron chi connectivity index (χ2n) is 5.85. The van der Waals surface area contributed by atoms with Crippen molar-refractivity contribution in [1.29, 1.82) is 0 Å². The minimum Gasteiger partial charge on any atom is -0.368 e. The van der Waals surface area contributed by atoms with Crippen molar-refractivity contribution in [1.82, 2.24) is 15.0 Å². The molecule has 0 atom stereocenters. The molecule has 0 saturated carbocycles. The normalized spacial score (nSPS) is 16.5. The van der Waals surface area contributed by atoms with Gasteiger partial charge in [0.1, 0.15) is 0 Å². The molecule has 2 aromatic rings. The topological polar surface area (TPSA) is 71.4 Å². The molecule has 0 radical (unpaired) electrons. The molecule has 1 aromatic carbocycles. The van der Waals surface area contributed by atoms with Crippen LogP contribution in [-0.2, 0) is 6.54 Å². The molecule has 22 heavy (non-hydrogen) atoms. The van der Waals surface area contributed by atoms with Crippen LogP contribution in [0.1, 0.15) is 19.7 Å². The lowest BCUT2D eigenvalue weighted by molar-refractivity contribution is 0.209. The van der Waals surface area contributed by atoms with Gasteiger partial charge < -0.3 is 15.2 Å². The summed E-state index contributed by atoms with van der Waals surface area (Å²) in [6.07, 6.45) is 0. The van der Waals surface area contributed by atoms with Crippen molar-refractivity contribution in [3.8, 4) is 11.4 Å². The fourth-order valence-corrected chi connectivity index (χ4v) is 2.86. The Bertz CT molecular complexity index is 617. The van der Waals surface area contributed by atoms with E-state index in [1.54, 1.807) is 0 Å². The zero-order valence-electron chi connectivity index (χ0n) is 13.2. The molecule has 0 spiro atoms. The number of para-hydroxylation sites is 1. The molecule has 0 aliphatic carbocycles. The van der Waals surface area contributed by atoms with Crippen LogP contribution in [0.4, 0.5) is 5.69 Å². The number of piperazine rings is 1. The molecule has 118 valence electrons. The van der Waals surface area contributed by atoms with E-state index in [1.165, 1.54) is 0 Å². The van der Waals surface area contributed by atoms with Crippen LogP contribution in [0.25, 0.3) is 11.4 Å². The lowest BCUT2D eigenvalue weighted by atomic mass is 10.1. The van der Waals surface area contributed by atoms with E-state index < -0.39 is 0 Å². The lowest BCUT2D eigenvalue weighted by Gasteiger charge is -2.38. The first kappa shape index (κ1) is 15.0. The van der Waals surface area contributed by atoms with Gasteiger partial charge in [-0.25, -0.2) is 0 Å². The minimum atomic E-state index is 0.266. The maximum absolute atomic E-state index is 5.55. The zero-order chi connectivity index (χ0) is 15.5. The smallest absolute Gasteiger partial charge is 0.240 e. The Balaban J connectivity index is 1.83. The standard InChI is InChI=1S/C16H23N5O/c1-12(2)20-7-9-21(10-8-20)14-6-4-3-5-13(14)16-18-15(11-17)22-19-16/h3-6,12H,7-11,17H2,1-2H3. The molecule has 6 nitrogen and oxygen atoms in total. The third kappa shape index (κ3) is 2.98. The molecular formula is C16H23N5O. The Kier molecular flexibility index (Phi) is 4.40. The predicted molar refractivity (Wildman–Crippen MR) is 86.5 cm³/mol. The number of rotatable bonds is 4. The molecule has 0 bridgehead atoms. The Morgan fingerprint density at radius 1 is 1.18 bits per heavy atom. The van der Waals surface area contributed by atoms with Crippen molar-refractivity contribution in [3.63, 3.8) is 0 Å². The summed E-state index contributed by atoms with van der Waals surface area (Å²) < 4.78 is 5.15. The number of nitrogens with zero attached hydrogens (tertiary/aromatic N) is 4. The molecule has 6 heteroatoms. The maximum Gasteiger partial charge on any atom is 0.240 e. The van der Waals surface area contributed by atoms with Crippen molar-refractivity contribution >= 4 is 5.69 Å². The molecule has 2 heterocycles. The van der Waals surface area contributed by atoms with Crippen LogP contribution in [0.15, 0.2) is 28.8 Å². The maximum atomic E-state index is 5.55. The molecule has 0 amide bonds. The Labute approximate surface area is 130 Å². The Morgan fingerprint density at radius 3 is 2.55 bits per heavy atom. The third-order valence-corrected chi connectivity index (χ3v) is 4.17. The average molecular weight is 301 g/mol. The summed E-state index contributed by atoms with van der Waals surface area (Å²) in [6, 6.07) is 8.81. The highest BCUT2D eigenvalue weighted by Crippen LogP contribution is 2.29. The summed E-state index contributed by atoms with van der Waals surface area (Å²) >= 11 is 0. The predicted octanol–water partition coefficient (Wildman–Crippen LogP) is 1.73. The van der Waals surface area contributed by atoms with E-state index in [2.05, 4.69) is 45.9 Å². The second-order valence-corrected chi connectivity index (χ2v) is 5.85. The van der Waals surface area contributed by atoms with E-state index >= 15 is 0 Å². The number of benzene rings is 1. The summed E-state index contributed by atoms with van der Waals surface area (Å²) in [5.41, 5.74) is 7.72. The van der Waals surface area contributed by atoms with Gasteiger partial charge in [0.15, 0.2) is 0 Å². The first-order valence-corrected chi connectivity index (χ1v) is 7.80. The minimum absolute atomic E-state index is 0.266. The van der Waals surface area contributed by atoms with Gasteiger partial charge in [-0.15, -0.1) is 0 Å². The Morgan fingerprint density at radius 2 is 1.91 bits per heavy atom. The van der Waals surface area contributed by atoms with Crippen LogP contribution < -0.4 is 10.6 Å². The van der Waals surface area contributed by atoms with Gasteiger partial charge in [-0.1, -0.05) is 17.3 Å². The molecule has 1 aromatic heterocycles. The SMILES string of the molecule is CC(C)N1CCN(c2ccccc2-c2noc(CN)n2)CC1. The van der Waals surface area contributed by atoms with Gasteiger partial charge in [-0.2, -0.15) is 4.98 Å². The van der Waals surface area contributed by atoms with Crippen molar-refractivity contribution in [2.75, 3.05) is 31.1 Å². The number of hydrogen-bond acceptors (Lipinski definition) is 6. The molecule has 2 N–H and O–H groups in total. The fraction of sp³-hybridized carbons (Fsp3) is 0.500. The fourth-order valence-electron chi connectivity index (χ4n) is 2.86. The van der Waals surface area contributed by atoms with E-state index in [0.29, 0.717) is 17.8 Å². The molecule has 1 aliphatic rings. The van der Waals surface area contributed by atoms with Crippen molar-refractivity contribution in [3.05, 3.63) is 30.2 Å². The largest absolute Gasteiger partial charge is 0.368 e. The summed E-state index contributed by atoms with van der Waals surface area (Å²) in [5, 5.41) is 4.05. The number of anilines is 1. The number of hydrogen-bond donors (Lipinski definition) is 1. The number of aromatic nitrogens is 2. The van der Waals surface area contributed by atoms with Gasteiger partial charge in [-0.05, 0) is 26.0 Å². The second kappa shape index (κ2) is 6.46. The summed E-state index contributed by atoms with van der Waals surface area (Å²) in [4.78, 5) is 9.25. The van der Waals surface area contributed by atoms with Crippen molar-refractivity contribution in [2.24, 2.45) is 5.73 Å². The van der Waals surface area contributed by atoms with Crippen LogP contribution in [-0.4, -0.2) is 47.3 Å². The van der Waals surface area contributed by atoms with E-state index in [-0.39, 0.29) is 6.54 Å². The quantitative estimate of drug-likeness (QED) is 0.927. The van der Waals surface area contributed by atoms with Crippen LogP contribution in [0.3, 0.4) is 0 Å². The van der Waals surface area contributed by atoms with Gasteiger partial charge in [0.05, 0.1) is 6.54 Å². The molecule has 0 unspecified atom stereocenters. The Hall–Kier alpha value is -1.92. The van der Waals surface area contributed by atoms with E-state index in [4.69, 9.17) is 10.3 Å². The monoisotopic (exact) mass is 301 g/mol. The van der Waals surface area contributed by atoms with Crippen LogP contribution in [0.5, 0.6) is 0 Å². The highest BCUT2D eigenvalue weighted by atomic mass is 16.5. The summed E-state index contributed by atoms with van der Waals surface area (Å²) in [6.45, 7) is 8.93. The van der Waals surface area contributed by atoms with Crippen LogP contribution in [0.2, 0.25) is 0 Å². The summed E-state index contributed by atoms with van der Waals surface area (Å²) in [7, 11) is 0. The average Bonchev–Trinajstić information content (AvgIpc) is 3.04. The van der Waals surface area contributed by atoms with Crippen LogP contribution in [0, 0.1) is 0 Å². The van der Waals surface area contributed by atoms with Gasteiger partial charge in [0.2, 0.25) is 11.7 Å². The van der Waals surface area contributed by atoms with Crippen molar-refractivity contribution in [2.45, 2.75) is 26.4 Å². The van der Waals surface area contributed by atoms with E-state index in [1.807, 2.05) is 12.1 Å². The van der Waals surface area contributed by atoms with Gasteiger partial charge in [-0.3, -0.25) is 4.90 Å². The lowest BCUT2D eigenvalue weighted by Crippen LogP contribution is -2.49. The number of nitrogens with two attached hydrogens (primary N) is 1. The van der Waals surface area contributed by atoms with Gasteiger partial charge in [0, 0.05) is 43.5 Å². The van der Waals surface area contributed by atoms with Crippen LogP contribution >= 0.6 is 0 Å². The molecule has 1 aliphatic heterocycles. The van der Waals surface area contributed by atoms with Crippen molar-refractivity contribution < 1.29 is 4.52 Å². The van der Waals surface area contributed by atoms with E-state index in [9.17, 15) is 0 Å². The van der Waals surface area contributed by atoms with Gasteiger partial charge in [0.25, 0.3) is 0 Å². The third-order valence-electron chi connectivity index (χ3n) is 4.17. The molecular weight excluding hydrogens is 278 g/mol. The van der Waals surface area contributed by atoms with Gasteiger partial charge >= 0.3 is 0 Å².